The third-order valence-corrected chi connectivity index (χ3v) is 8.46. The van der Waals surface area contributed by atoms with Gasteiger partial charge >= 0.3 is 0 Å². The lowest BCUT2D eigenvalue weighted by Crippen LogP contribution is -2.64. The van der Waals surface area contributed by atoms with Gasteiger partial charge in [-0.1, -0.05) is 115 Å². The zero-order valence-corrected chi connectivity index (χ0v) is 24.0. The van der Waals surface area contributed by atoms with Gasteiger partial charge in [0, 0.05) is 23.1 Å². The number of carbonyl (C=O) groups excluding carboxylic acids is 2. The fourth-order valence-corrected chi connectivity index (χ4v) is 6.24. The molecule has 4 nitrogen and oxygen atoms in total. The van der Waals surface area contributed by atoms with E-state index in [1.165, 1.54) is 12.1 Å². The van der Waals surface area contributed by atoms with E-state index < -0.39 is 28.1 Å². The van der Waals surface area contributed by atoms with Crippen LogP contribution in [-0.2, 0) is 20.6 Å². The highest BCUT2D eigenvalue weighted by Gasteiger charge is 2.56. The molecule has 1 N–H and O–H groups in total. The van der Waals surface area contributed by atoms with Crippen LogP contribution < -0.4 is 10.1 Å². The van der Waals surface area contributed by atoms with Crippen LogP contribution in [0.5, 0.6) is 5.75 Å². The molecule has 0 bridgehead atoms. The van der Waals surface area contributed by atoms with Crippen molar-refractivity contribution in [2.75, 3.05) is 0 Å². The van der Waals surface area contributed by atoms with Crippen molar-refractivity contribution in [1.29, 1.82) is 0 Å². The molecule has 6 heteroatoms. The van der Waals surface area contributed by atoms with Crippen LogP contribution in [0.2, 0.25) is 0 Å². The Balaban J connectivity index is 1.40. The Labute approximate surface area is 255 Å². The first-order valence-corrected chi connectivity index (χ1v) is 14.5. The maximum atomic E-state index is 13.8. The van der Waals surface area contributed by atoms with Crippen molar-refractivity contribution < 1.29 is 18.7 Å². The van der Waals surface area contributed by atoms with Gasteiger partial charge in [-0.3, -0.25) is 9.59 Å². The zero-order chi connectivity index (χ0) is 29.9. The Morgan fingerprint density at radius 3 is 1.67 bits per heavy atom. The van der Waals surface area contributed by atoms with Crippen molar-refractivity contribution in [3.63, 3.8) is 0 Å². The number of benzene rings is 5. The van der Waals surface area contributed by atoms with Crippen LogP contribution in [0.4, 0.5) is 4.39 Å². The van der Waals surface area contributed by atoms with Crippen LogP contribution in [0.15, 0.2) is 140 Å². The summed E-state index contributed by atoms with van der Waals surface area (Å²) in [6.45, 7) is 0. The highest BCUT2D eigenvalue weighted by Crippen LogP contribution is 2.49. The van der Waals surface area contributed by atoms with E-state index >= 15 is 0 Å². The molecule has 0 saturated carbocycles. The quantitative estimate of drug-likeness (QED) is 0.102. The molecule has 1 aliphatic rings. The predicted octanol–water partition coefficient (Wildman–Crippen LogP) is 7.85. The van der Waals surface area contributed by atoms with Gasteiger partial charge in [-0.15, -0.1) is 0 Å². The molecular weight excluding hydrogens is 561 g/mol. The summed E-state index contributed by atoms with van der Waals surface area (Å²) in [6.07, 6.45) is 0.215. The second-order valence-corrected chi connectivity index (χ2v) is 11.1. The Kier molecular flexibility index (Phi) is 7.83. The summed E-state index contributed by atoms with van der Waals surface area (Å²) < 4.78 is 20.8. The standard InChI is InChI=1S/C37H29ClFNO3/c38-33(41)24-25-36(27-18-20-31(39)21-19-27)34(40-35(36)42)26-16-22-32(23-17-26)43-37(28-10-4-1-5-11-28,29-12-6-2-7-13-29)30-14-8-3-9-15-30/h1-23,34H,24-25H2,(H,40,42)/t34-,36+/m0/s1. The maximum Gasteiger partial charge on any atom is 0.233 e. The summed E-state index contributed by atoms with van der Waals surface area (Å²) >= 11 is 5.71. The molecule has 0 aliphatic carbocycles. The molecule has 1 saturated heterocycles. The monoisotopic (exact) mass is 589 g/mol. The normalized spacial score (nSPS) is 17.9. The number of hydrogen-bond donors (Lipinski definition) is 1. The maximum absolute atomic E-state index is 13.8. The third-order valence-electron chi connectivity index (χ3n) is 8.27. The Bertz CT molecular complexity index is 1620. The first kappa shape index (κ1) is 28.4. The molecule has 0 radical (unpaired) electrons. The van der Waals surface area contributed by atoms with Crippen molar-refractivity contribution in [3.8, 4) is 5.75 Å². The number of hydrogen-bond acceptors (Lipinski definition) is 3. The molecule has 6 rings (SSSR count). The summed E-state index contributed by atoms with van der Waals surface area (Å²) in [7, 11) is 0. The lowest BCUT2D eigenvalue weighted by atomic mass is 9.63. The number of nitrogens with one attached hydrogen (secondary N) is 1. The molecule has 214 valence electrons. The summed E-state index contributed by atoms with van der Waals surface area (Å²) in [6, 6.07) is 43.4. The van der Waals surface area contributed by atoms with Gasteiger partial charge in [0.15, 0.2) is 5.60 Å². The first-order valence-electron chi connectivity index (χ1n) is 14.1. The van der Waals surface area contributed by atoms with Gasteiger partial charge in [0.25, 0.3) is 0 Å². The Morgan fingerprint density at radius 2 is 1.23 bits per heavy atom. The number of carbonyl (C=O) groups is 2. The van der Waals surface area contributed by atoms with Crippen LogP contribution in [0.25, 0.3) is 0 Å². The van der Waals surface area contributed by atoms with Crippen molar-refractivity contribution in [3.05, 3.63) is 173 Å². The molecule has 5 aromatic carbocycles. The smallest absolute Gasteiger partial charge is 0.233 e. The van der Waals surface area contributed by atoms with Gasteiger partial charge in [0.05, 0.1) is 11.5 Å². The molecular formula is C37H29ClFNO3. The van der Waals surface area contributed by atoms with E-state index in [0.29, 0.717) is 11.3 Å². The minimum atomic E-state index is -1.05. The van der Waals surface area contributed by atoms with Gasteiger partial charge in [0.2, 0.25) is 11.1 Å². The third kappa shape index (κ3) is 5.21. The van der Waals surface area contributed by atoms with Crippen molar-refractivity contribution >= 4 is 22.8 Å². The van der Waals surface area contributed by atoms with Gasteiger partial charge in [-0.05, 0) is 53.4 Å². The fraction of sp³-hybridized carbons (Fsp3) is 0.135. The summed E-state index contributed by atoms with van der Waals surface area (Å²) in [4.78, 5) is 24.9. The van der Waals surface area contributed by atoms with Crippen molar-refractivity contribution in [1.82, 2.24) is 5.32 Å². The van der Waals surface area contributed by atoms with Crippen LogP contribution in [0, 0.1) is 5.82 Å². The molecule has 1 aliphatic heterocycles. The topological polar surface area (TPSA) is 55.4 Å². The van der Waals surface area contributed by atoms with Crippen LogP contribution in [-0.4, -0.2) is 11.1 Å². The van der Waals surface area contributed by atoms with E-state index in [1.807, 2.05) is 78.9 Å². The lowest BCUT2D eigenvalue weighted by Gasteiger charge is -2.49. The molecule has 0 unspecified atom stereocenters. The van der Waals surface area contributed by atoms with Crippen molar-refractivity contribution in [2.45, 2.75) is 29.9 Å². The molecule has 0 aromatic heterocycles. The van der Waals surface area contributed by atoms with Crippen molar-refractivity contribution in [2.24, 2.45) is 0 Å². The minimum absolute atomic E-state index is 0.0117. The van der Waals surface area contributed by atoms with Crippen LogP contribution in [0.3, 0.4) is 0 Å². The van der Waals surface area contributed by atoms with Gasteiger partial charge in [0.1, 0.15) is 11.6 Å². The SMILES string of the molecule is O=C(Cl)CC[C@]1(c2ccc(F)cc2)C(=O)N[C@H]1c1ccc(OC(c2ccccc2)(c2ccccc2)c2ccccc2)cc1. The predicted molar refractivity (Wildman–Crippen MR) is 165 cm³/mol. The number of rotatable bonds is 10. The lowest BCUT2D eigenvalue weighted by molar-refractivity contribution is -0.139. The molecule has 1 heterocycles. The molecule has 1 fully saturated rings. The molecule has 2 atom stereocenters. The zero-order valence-electron chi connectivity index (χ0n) is 23.3. The summed E-state index contributed by atoms with van der Waals surface area (Å²) in [5.74, 6) is 0.0108. The number of ether oxygens (including phenoxy) is 1. The Morgan fingerprint density at radius 1 is 0.744 bits per heavy atom. The highest BCUT2D eigenvalue weighted by atomic mass is 35.5. The van der Waals surface area contributed by atoms with Gasteiger partial charge < -0.3 is 10.1 Å². The van der Waals surface area contributed by atoms with E-state index in [-0.39, 0.29) is 18.7 Å². The average molecular weight is 590 g/mol. The summed E-state index contributed by atoms with van der Waals surface area (Å²) in [5, 5.41) is 2.48. The van der Waals surface area contributed by atoms with Crippen LogP contribution >= 0.6 is 11.6 Å². The van der Waals surface area contributed by atoms with E-state index in [0.717, 1.165) is 22.3 Å². The Hall–Kier alpha value is -4.74. The van der Waals surface area contributed by atoms with Gasteiger partial charge in [-0.25, -0.2) is 4.39 Å². The highest BCUT2D eigenvalue weighted by molar-refractivity contribution is 6.63. The minimum Gasteiger partial charge on any atom is -0.473 e. The number of halogens is 2. The number of amides is 1. The number of β-lactam (4-membered cyclic amide) rings is 1. The molecule has 43 heavy (non-hydrogen) atoms. The molecule has 0 spiro atoms. The van der Waals surface area contributed by atoms with E-state index in [1.54, 1.807) is 12.1 Å². The second-order valence-electron chi connectivity index (χ2n) is 10.7. The van der Waals surface area contributed by atoms with E-state index in [4.69, 9.17) is 16.3 Å². The largest absolute Gasteiger partial charge is 0.473 e. The summed E-state index contributed by atoms with van der Waals surface area (Å²) in [5.41, 5.74) is 2.41. The van der Waals surface area contributed by atoms with E-state index in [9.17, 15) is 14.0 Å². The molecule has 5 aromatic rings. The van der Waals surface area contributed by atoms with E-state index in [2.05, 4.69) is 41.7 Å². The average Bonchev–Trinajstić information content (AvgIpc) is 3.05. The molecule has 1 amide bonds. The fourth-order valence-electron chi connectivity index (χ4n) is 6.15. The second kappa shape index (κ2) is 11.9. The van der Waals surface area contributed by atoms with Crippen LogP contribution in [0.1, 0.15) is 46.7 Å². The first-order chi connectivity index (χ1) is 20.9. The van der Waals surface area contributed by atoms with Gasteiger partial charge in [-0.2, -0.15) is 0 Å².